The molecule has 6 nitrogen and oxygen atoms in total. The number of aryl methyl sites for hydroxylation is 1. The maximum atomic E-state index is 11.2. The minimum Gasteiger partial charge on any atom is -0.457 e. The van der Waals surface area contributed by atoms with Crippen LogP contribution in [0.5, 0.6) is 11.5 Å². The van der Waals surface area contributed by atoms with Gasteiger partial charge in [-0.1, -0.05) is 17.7 Å². The van der Waals surface area contributed by atoms with Crippen molar-refractivity contribution in [1.29, 1.82) is 0 Å². The fraction of sp³-hybridized carbons (Fsp3) is 0.125. The second-order valence-electron chi connectivity index (χ2n) is 4.80. The van der Waals surface area contributed by atoms with E-state index >= 15 is 0 Å². The van der Waals surface area contributed by atoms with E-state index in [4.69, 9.17) is 4.74 Å². The maximum Gasteiger partial charge on any atom is 0.413 e. The molecule has 0 atom stereocenters. The Labute approximate surface area is 127 Å². The van der Waals surface area contributed by atoms with Crippen LogP contribution >= 0.6 is 0 Å². The van der Waals surface area contributed by atoms with Gasteiger partial charge in [0.25, 0.3) is 0 Å². The number of ether oxygens (including phenoxy) is 2. The number of hydrogen-bond acceptors (Lipinski definition) is 4. The standard InChI is InChI=1S/C16H15N3O3/c1-10-3-5-11(6-4-10)22-12-7-8-13-14(9-12)18-15(17-13)19-16(20)21-2/h3-9H,1-2H3,(H2,17,18,19,20). The van der Waals surface area contributed by atoms with Crippen molar-refractivity contribution >= 4 is 23.1 Å². The molecule has 6 heteroatoms. The third-order valence-corrected chi connectivity index (χ3v) is 3.12. The molecule has 3 rings (SSSR count). The average Bonchev–Trinajstić information content (AvgIpc) is 2.91. The molecule has 112 valence electrons. The van der Waals surface area contributed by atoms with Gasteiger partial charge in [0.15, 0.2) is 0 Å². The Balaban J connectivity index is 1.83. The van der Waals surface area contributed by atoms with Crippen molar-refractivity contribution < 1.29 is 14.3 Å². The fourth-order valence-corrected chi connectivity index (χ4v) is 2.00. The molecule has 2 aromatic carbocycles. The second kappa shape index (κ2) is 5.77. The van der Waals surface area contributed by atoms with Gasteiger partial charge in [0.05, 0.1) is 18.1 Å². The molecule has 0 aliphatic carbocycles. The number of carbonyl (C=O) groups excluding carboxylic acids is 1. The summed E-state index contributed by atoms with van der Waals surface area (Å²) in [6.45, 7) is 2.02. The molecule has 0 saturated carbocycles. The highest BCUT2D eigenvalue weighted by molar-refractivity contribution is 5.86. The summed E-state index contributed by atoms with van der Waals surface area (Å²) in [7, 11) is 1.30. The first-order valence-electron chi connectivity index (χ1n) is 6.73. The van der Waals surface area contributed by atoms with Crippen LogP contribution in [0.25, 0.3) is 11.0 Å². The Morgan fingerprint density at radius 2 is 1.86 bits per heavy atom. The minimum absolute atomic E-state index is 0.328. The van der Waals surface area contributed by atoms with Gasteiger partial charge in [-0.15, -0.1) is 0 Å². The van der Waals surface area contributed by atoms with Gasteiger partial charge < -0.3 is 14.5 Å². The third-order valence-electron chi connectivity index (χ3n) is 3.12. The number of nitrogens with one attached hydrogen (secondary N) is 2. The lowest BCUT2D eigenvalue weighted by Crippen LogP contribution is -2.11. The van der Waals surface area contributed by atoms with E-state index in [0.717, 1.165) is 16.8 Å². The number of H-pyrrole nitrogens is 1. The first-order chi connectivity index (χ1) is 10.6. The van der Waals surface area contributed by atoms with E-state index in [0.29, 0.717) is 11.7 Å². The normalized spacial score (nSPS) is 10.5. The van der Waals surface area contributed by atoms with E-state index in [1.165, 1.54) is 12.7 Å². The summed E-state index contributed by atoms with van der Waals surface area (Å²) in [5, 5.41) is 2.49. The lowest BCUT2D eigenvalue weighted by Gasteiger charge is -2.05. The zero-order valence-corrected chi connectivity index (χ0v) is 12.2. The first kappa shape index (κ1) is 13.9. The minimum atomic E-state index is -0.574. The van der Waals surface area contributed by atoms with Crippen LogP contribution < -0.4 is 10.1 Å². The Morgan fingerprint density at radius 3 is 2.59 bits per heavy atom. The van der Waals surface area contributed by atoms with Crippen LogP contribution in [0.4, 0.5) is 10.7 Å². The quantitative estimate of drug-likeness (QED) is 0.770. The van der Waals surface area contributed by atoms with Crippen LogP contribution in [0.1, 0.15) is 5.56 Å². The zero-order valence-electron chi connectivity index (χ0n) is 12.2. The number of fused-ring (bicyclic) bond motifs is 1. The van der Waals surface area contributed by atoms with E-state index in [1.54, 1.807) is 0 Å². The Kier molecular flexibility index (Phi) is 3.65. The predicted octanol–water partition coefficient (Wildman–Crippen LogP) is 3.84. The number of benzene rings is 2. The fourth-order valence-electron chi connectivity index (χ4n) is 2.00. The van der Waals surface area contributed by atoms with Crippen molar-refractivity contribution in [3.05, 3.63) is 48.0 Å². The Bertz CT molecular complexity index is 809. The highest BCUT2D eigenvalue weighted by atomic mass is 16.5. The second-order valence-corrected chi connectivity index (χ2v) is 4.80. The van der Waals surface area contributed by atoms with E-state index in [-0.39, 0.29) is 0 Å². The molecule has 0 aliphatic heterocycles. The molecule has 0 unspecified atom stereocenters. The monoisotopic (exact) mass is 297 g/mol. The SMILES string of the molecule is COC(=O)Nc1nc2ccc(Oc3ccc(C)cc3)cc2[nH]1. The van der Waals surface area contributed by atoms with Gasteiger partial charge in [0, 0.05) is 6.07 Å². The van der Waals surface area contributed by atoms with Gasteiger partial charge in [0.1, 0.15) is 11.5 Å². The van der Waals surface area contributed by atoms with Crippen LogP contribution in [0.3, 0.4) is 0 Å². The Hall–Kier alpha value is -3.02. The van der Waals surface area contributed by atoms with E-state index < -0.39 is 6.09 Å². The molecule has 0 spiro atoms. The lowest BCUT2D eigenvalue weighted by molar-refractivity contribution is 0.186. The molecule has 0 radical (unpaired) electrons. The lowest BCUT2D eigenvalue weighted by atomic mass is 10.2. The van der Waals surface area contributed by atoms with E-state index in [2.05, 4.69) is 20.0 Å². The molecular formula is C16H15N3O3. The van der Waals surface area contributed by atoms with Gasteiger partial charge in [-0.05, 0) is 31.2 Å². The summed E-state index contributed by atoms with van der Waals surface area (Å²) in [5.41, 5.74) is 2.66. The predicted molar refractivity (Wildman–Crippen MR) is 83.4 cm³/mol. The molecule has 3 aromatic rings. The van der Waals surface area contributed by atoms with Crippen molar-refractivity contribution in [3.8, 4) is 11.5 Å². The number of imidazole rings is 1. The summed E-state index contributed by atoms with van der Waals surface area (Å²) < 4.78 is 10.3. The summed E-state index contributed by atoms with van der Waals surface area (Å²) in [5.74, 6) is 1.77. The van der Waals surface area contributed by atoms with Crippen molar-refractivity contribution in [2.45, 2.75) is 6.92 Å². The molecule has 0 aliphatic rings. The van der Waals surface area contributed by atoms with Crippen molar-refractivity contribution in [3.63, 3.8) is 0 Å². The number of nitrogens with zero attached hydrogens (tertiary/aromatic N) is 1. The molecule has 0 saturated heterocycles. The molecule has 22 heavy (non-hydrogen) atoms. The molecule has 1 heterocycles. The first-order valence-corrected chi connectivity index (χ1v) is 6.73. The topological polar surface area (TPSA) is 76.2 Å². The number of anilines is 1. The van der Waals surface area contributed by atoms with Gasteiger partial charge in [0.2, 0.25) is 5.95 Å². The van der Waals surface area contributed by atoms with Gasteiger partial charge >= 0.3 is 6.09 Å². The van der Waals surface area contributed by atoms with Crippen LogP contribution in [-0.2, 0) is 4.74 Å². The van der Waals surface area contributed by atoms with Gasteiger partial charge in [-0.25, -0.2) is 9.78 Å². The maximum absolute atomic E-state index is 11.2. The number of carbonyl (C=O) groups is 1. The number of hydrogen-bond donors (Lipinski definition) is 2. The van der Waals surface area contributed by atoms with Crippen molar-refractivity contribution in [1.82, 2.24) is 9.97 Å². The highest BCUT2D eigenvalue weighted by Crippen LogP contribution is 2.25. The number of methoxy groups -OCH3 is 1. The Morgan fingerprint density at radius 1 is 1.14 bits per heavy atom. The average molecular weight is 297 g/mol. The zero-order chi connectivity index (χ0) is 15.5. The van der Waals surface area contributed by atoms with Gasteiger partial charge in [-0.3, -0.25) is 5.32 Å². The van der Waals surface area contributed by atoms with E-state index in [9.17, 15) is 4.79 Å². The number of amides is 1. The number of aromatic amines is 1. The summed E-state index contributed by atoms with van der Waals surface area (Å²) in [4.78, 5) is 18.4. The number of rotatable bonds is 3. The molecule has 1 amide bonds. The van der Waals surface area contributed by atoms with Crippen LogP contribution in [-0.4, -0.2) is 23.2 Å². The van der Waals surface area contributed by atoms with E-state index in [1.807, 2.05) is 49.4 Å². The van der Waals surface area contributed by atoms with Crippen molar-refractivity contribution in [2.24, 2.45) is 0 Å². The molecule has 0 fully saturated rings. The summed E-state index contributed by atoms with van der Waals surface area (Å²) in [6, 6.07) is 13.3. The summed E-state index contributed by atoms with van der Waals surface area (Å²) >= 11 is 0. The van der Waals surface area contributed by atoms with Crippen molar-refractivity contribution in [2.75, 3.05) is 12.4 Å². The highest BCUT2D eigenvalue weighted by Gasteiger charge is 2.07. The summed E-state index contributed by atoms with van der Waals surface area (Å²) in [6.07, 6.45) is -0.574. The molecular weight excluding hydrogens is 282 g/mol. The largest absolute Gasteiger partial charge is 0.457 e. The van der Waals surface area contributed by atoms with Gasteiger partial charge in [-0.2, -0.15) is 0 Å². The number of aromatic nitrogens is 2. The smallest absolute Gasteiger partial charge is 0.413 e. The molecule has 0 bridgehead atoms. The third kappa shape index (κ3) is 3.01. The molecule has 2 N–H and O–H groups in total. The molecule has 1 aromatic heterocycles. The van der Waals surface area contributed by atoms with Crippen LogP contribution in [0, 0.1) is 6.92 Å². The van der Waals surface area contributed by atoms with Crippen LogP contribution in [0.2, 0.25) is 0 Å². The van der Waals surface area contributed by atoms with Crippen LogP contribution in [0.15, 0.2) is 42.5 Å².